The standard InChI is InChI=1S/C28H32N2O5/c31-25(32)12-11-23(26(33)30-24-13-16-28(24)14-5-6-15-28)29-27(34)35-17-22-20-9-3-1-7-18(20)19-8-2-4-10-21(19)22/h1-4,7-10,22-24H,5-6,11-17H2,(H,29,34)(H,30,33)(H,31,32). The van der Waals surface area contributed by atoms with E-state index in [2.05, 4.69) is 22.8 Å². The molecule has 0 heterocycles. The molecule has 0 saturated heterocycles. The molecule has 0 radical (unpaired) electrons. The van der Waals surface area contributed by atoms with Gasteiger partial charge >= 0.3 is 12.1 Å². The van der Waals surface area contributed by atoms with E-state index in [9.17, 15) is 14.4 Å². The van der Waals surface area contributed by atoms with Crippen molar-refractivity contribution in [2.75, 3.05) is 6.61 Å². The number of carboxylic acid groups (broad SMARTS) is 1. The van der Waals surface area contributed by atoms with E-state index in [1.807, 2.05) is 36.4 Å². The van der Waals surface area contributed by atoms with Crippen molar-refractivity contribution >= 4 is 18.0 Å². The Balaban J connectivity index is 1.22. The van der Waals surface area contributed by atoms with Gasteiger partial charge in [0.25, 0.3) is 0 Å². The van der Waals surface area contributed by atoms with Crippen molar-refractivity contribution in [3.63, 3.8) is 0 Å². The second-order valence-corrected chi connectivity index (χ2v) is 10.1. The fourth-order valence-corrected chi connectivity index (χ4v) is 6.19. The van der Waals surface area contributed by atoms with E-state index in [0.29, 0.717) is 0 Å². The Bertz CT molecular complexity index is 1080. The van der Waals surface area contributed by atoms with E-state index in [0.717, 1.165) is 47.9 Å². The minimum atomic E-state index is -1.01. The fraction of sp³-hybridized carbons (Fsp3) is 0.464. The molecule has 1 spiro atoms. The number of carbonyl (C=O) groups excluding carboxylic acids is 2. The van der Waals surface area contributed by atoms with Crippen molar-refractivity contribution in [1.29, 1.82) is 0 Å². The highest BCUT2D eigenvalue weighted by molar-refractivity contribution is 5.86. The third kappa shape index (κ3) is 4.64. The predicted molar refractivity (Wildman–Crippen MR) is 131 cm³/mol. The lowest BCUT2D eigenvalue weighted by Crippen LogP contribution is -2.58. The van der Waals surface area contributed by atoms with Gasteiger partial charge in [-0.2, -0.15) is 0 Å². The van der Waals surface area contributed by atoms with E-state index in [1.54, 1.807) is 0 Å². The van der Waals surface area contributed by atoms with Gasteiger partial charge in [0.05, 0.1) is 0 Å². The van der Waals surface area contributed by atoms with Crippen LogP contribution in [0.3, 0.4) is 0 Å². The number of fused-ring (bicyclic) bond motifs is 3. The molecule has 0 bridgehead atoms. The quantitative estimate of drug-likeness (QED) is 0.517. The molecule has 3 aliphatic rings. The molecule has 0 aliphatic heterocycles. The van der Waals surface area contributed by atoms with E-state index in [4.69, 9.17) is 9.84 Å². The Labute approximate surface area is 205 Å². The van der Waals surface area contributed by atoms with Crippen molar-refractivity contribution in [2.45, 2.75) is 69.4 Å². The lowest BCUT2D eigenvalue weighted by molar-refractivity contribution is -0.137. The highest BCUT2D eigenvalue weighted by atomic mass is 16.5. The molecule has 2 amide bonds. The van der Waals surface area contributed by atoms with E-state index < -0.39 is 18.1 Å². The number of carboxylic acids is 1. The van der Waals surface area contributed by atoms with Gasteiger partial charge in [-0.25, -0.2) is 4.79 Å². The number of carbonyl (C=O) groups is 3. The molecule has 7 heteroatoms. The van der Waals surface area contributed by atoms with Gasteiger partial charge in [0.15, 0.2) is 0 Å². The van der Waals surface area contributed by atoms with Gasteiger partial charge in [0.2, 0.25) is 5.91 Å². The van der Waals surface area contributed by atoms with E-state index >= 15 is 0 Å². The minimum absolute atomic E-state index is 0.0189. The zero-order valence-corrected chi connectivity index (χ0v) is 19.8. The van der Waals surface area contributed by atoms with Gasteiger partial charge in [0, 0.05) is 18.4 Å². The van der Waals surface area contributed by atoms with Crippen LogP contribution in [-0.2, 0) is 14.3 Å². The fourth-order valence-electron chi connectivity index (χ4n) is 6.19. The zero-order valence-electron chi connectivity index (χ0n) is 19.8. The van der Waals surface area contributed by atoms with Crippen LogP contribution in [0.4, 0.5) is 4.79 Å². The summed E-state index contributed by atoms with van der Waals surface area (Å²) < 4.78 is 5.59. The summed E-state index contributed by atoms with van der Waals surface area (Å²) in [5, 5.41) is 14.9. The van der Waals surface area contributed by atoms with Crippen LogP contribution < -0.4 is 10.6 Å². The first-order chi connectivity index (χ1) is 17.0. The topological polar surface area (TPSA) is 105 Å². The highest BCUT2D eigenvalue weighted by Gasteiger charge is 2.49. The van der Waals surface area contributed by atoms with Crippen molar-refractivity contribution in [1.82, 2.24) is 10.6 Å². The molecule has 3 N–H and O–H groups in total. The molecule has 2 fully saturated rings. The van der Waals surface area contributed by atoms with Gasteiger partial charge in [-0.05, 0) is 59.8 Å². The number of nitrogens with one attached hydrogen (secondary N) is 2. The smallest absolute Gasteiger partial charge is 0.407 e. The molecule has 7 nitrogen and oxygen atoms in total. The maximum absolute atomic E-state index is 13.0. The Morgan fingerprint density at radius 3 is 2.17 bits per heavy atom. The largest absolute Gasteiger partial charge is 0.481 e. The van der Waals surface area contributed by atoms with Crippen LogP contribution >= 0.6 is 0 Å². The summed E-state index contributed by atoms with van der Waals surface area (Å²) in [5.74, 6) is -1.42. The second-order valence-electron chi connectivity index (χ2n) is 10.1. The van der Waals surface area contributed by atoms with Crippen molar-refractivity contribution < 1.29 is 24.2 Å². The van der Waals surface area contributed by atoms with E-state index in [-0.39, 0.29) is 42.7 Å². The normalized spacial score (nSPS) is 20.4. The van der Waals surface area contributed by atoms with Gasteiger partial charge in [-0.1, -0.05) is 61.4 Å². The summed E-state index contributed by atoms with van der Waals surface area (Å²) in [7, 11) is 0. The van der Waals surface area contributed by atoms with Gasteiger partial charge in [-0.15, -0.1) is 0 Å². The first kappa shape index (κ1) is 23.4. The van der Waals surface area contributed by atoms with Crippen molar-refractivity contribution in [2.24, 2.45) is 5.41 Å². The number of aliphatic carboxylic acids is 1. The zero-order chi connectivity index (χ0) is 24.4. The summed E-state index contributed by atoms with van der Waals surface area (Å²) in [6.45, 7) is 0.138. The number of hydrogen-bond acceptors (Lipinski definition) is 4. The van der Waals surface area contributed by atoms with Crippen LogP contribution in [0.2, 0.25) is 0 Å². The number of alkyl carbamates (subject to hydrolysis) is 1. The van der Waals surface area contributed by atoms with Crippen LogP contribution in [0.25, 0.3) is 11.1 Å². The van der Waals surface area contributed by atoms with Gasteiger partial charge in [-0.3, -0.25) is 9.59 Å². The van der Waals surface area contributed by atoms with Crippen molar-refractivity contribution in [3.05, 3.63) is 59.7 Å². The molecule has 2 atom stereocenters. The summed E-state index contributed by atoms with van der Waals surface area (Å²) in [6.07, 6.45) is 5.78. The molecule has 35 heavy (non-hydrogen) atoms. The average Bonchev–Trinajstić information content (AvgIpc) is 3.48. The molecule has 2 saturated carbocycles. The van der Waals surface area contributed by atoms with Gasteiger partial charge < -0.3 is 20.5 Å². The van der Waals surface area contributed by atoms with Gasteiger partial charge in [0.1, 0.15) is 12.6 Å². The van der Waals surface area contributed by atoms with E-state index in [1.165, 1.54) is 12.8 Å². The maximum atomic E-state index is 13.0. The Morgan fingerprint density at radius 1 is 0.971 bits per heavy atom. The molecule has 3 aliphatic carbocycles. The summed E-state index contributed by atoms with van der Waals surface area (Å²) in [6, 6.07) is 15.3. The van der Waals surface area contributed by atoms with Crippen LogP contribution in [-0.4, -0.2) is 41.8 Å². The molecule has 2 aromatic carbocycles. The number of ether oxygens (including phenoxy) is 1. The molecule has 2 unspecified atom stereocenters. The van der Waals surface area contributed by atoms with Crippen LogP contribution in [0, 0.1) is 5.41 Å². The molecule has 184 valence electrons. The summed E-state index contributed by atoms with van der Waals surface area (Å²) >= 11 is 0. The molecule has 5 rings (SSSR count). The Morgan fingerprint density at radius 2 is 1.60 bits per heavy atom. The summed E-state index contributed by atoms with van der Waals surface area (Å²) in [5.41, 5.74) is 4.67. The maximum Gasteiger partial charge on any atom is 0.407 e. The molecule has 0 aromatic heterocycles. The first-order valence-electron chi connectivity index (χ1n) is 12.6. The SMILES string of the molecule is O=C(O)CCC(NC(=O)OCC1c2ccccc2-c2ccccc21)C(=O)NC1CCC12CCCC2. The second kappa shape index (κ2) is 9.72. The first-order valence-corrected chi connectivity index (χ1v) is 12.6. The Kier molecular flexibility index (Phi) is 6.50. The number of benzene rings is 2. The Hall–Kier alpha value is -3.35. The van der Waals surface area contributed by atoms with Crippen LogP contribution in [0.1, 0.15) is 68.4 Å². The third-order valence-electron chi connectivity index (χ3n) is 8.19. The number of hydrogen-bond donors (Lipinski definition) is 3. The third-order valence-corrected chi connectivity index (χ3v) is 8.19. The predicted octanol–water partition coefficient (Wildman–Crippen LogP) is 4.60. The number of amides is 2. The van der Waals surface area contributed by atoms with Crippen LogP contribution in [0.15, 0.2) is 48.5 Å². The lowest BCUT2D eigenvalue weighted by Gasteiger charge is -2.48. The van der Waals surface area contributed by atoms with Crippen LogP contribution in [0.5, 0.6) is 0 Å². The average molecular weight is 477 g/mol. The number of rotatable bonds is 8. The monoisotopic (exact) mass is 476 g/mol. The molecule has 2 aromatic rings. The molecular weight excluding hydrogens is 444 g/mol. The minimum Gasteiger partial charge on any atom is -0.481 e. The highest BCUT2D eigenvalue weighted by Crippen LogP contribution is 2.53. The summed E-state index contributed by atoms with van der Waals surface area (Å²) in [4.78, 5) is 37.0. The van der Waals surface area contributed by atoms with Crippen molar-refractivity contribution in [3.8, 4) is 11.1 Å². The lowest BCUT2D eigenvalue weighted by atomic mass is 9.63. The molecular formula is C28H32N2O5.